The lowest BCUT2D eigenvalue weighted by molar-refractivity contribution is 0.539. The van der Waals surface area contributed by atoms with E-state index in [0.29, 0.717) is 0 Å². The van der Waals surface area contributed by atoms with Gasteiger partial charge in [-0.3, -0.25) is 4.34 Å². The average Bonchev–Trinajstić information content (AvgIpc) is 2.88. The molecule has 0 bridgehead atoms. The van der Waals surface area contributed by atoms with E-state index >= 15 is 0 Å². The fourth-order valence-electron chi connectivity index (χ4n) is 2.44. The van der Waals surface area contributed by atoms with Gasteiger partial charge in [-0.15, -0.1) is 0 Å². The first-order chi connectivity index (χ1) is 10.1. The van der Waals surface area contributed by atoms with Crippen LogP contribution in [0.5, 0.6) is 5.75 Å². The molecule has 108 valence electrons. The molecule has 0 saturated heterocycles. The van der Waals surface area contributed by atoms with E-state index in [1.54, 1.807) is 0 Å². The quantitative estimate of drug-likeness (QED) is 0.592. The third kappa shape index (κ3) is 2.96. The zero-order chi connectivity index (χ0) is 14.9. The van der Waals surface area contributed by atoms with Crippen LogP contribution in [-0.2, 0) is 5.41 Å². The van der Waals surface area contributed by atoms with Crippen LogP contribution >= 0.6 is 8.96 Å². The van der Waals surface area contributed by atoms with Crippen LogP contribution in [-0.4, -0.2) is 4.34 Å². The molecule has 0 aliphatic heterocycles. The summed E-state index contributed by atoms with van der Waals surface area (Å²) in [5.41, 5.74) is 2.54. The summed E-state index contributed by atoms with van der Waals surface area (Å²) in [6, 6.07) is 18.8. The van der Waals surface area contributed by atoms with Gasteiger partial charge in [0.25, 0.3) is 0 Å². The molecule has 0 amide bonds. The third-order valence-electron chi connectivity index (χ3n) is 3.55. The molecule has 1 aromatic heterocycles. The minimum Gasteiger partial charge on any atom is -0.455 e. The van der Waals surface area contributed by atoms with Gasteiger partial charge in [0.2, 0.25) is 0 Å². The van der Waals surface area contributed by atoms with Gasteiger partial charge in [0.1, 0.15) is 5.75 Å². The summed E-state index contributed by atoms with van der Waals surface area (Å²) in [6.07, 6.45) is 2.09. The van der Waals surface area contributed by atoms with Gasteiger partial charge in [0, 0.05) is 6.20 Å². The minimum atomic E-state index is 0.0832. The van der Waals surface area contributed by atoms with Crippen molar-refractivity contribution in [1.82, 2.24) is 4.34 Å². The van der Waals surface area contributed by atoms with Gasteiger partial charge in [-0.05, 0) is 34.6 Å². The van der Waals surface area contributed by atoms with E-state index in [-0.39, 0.29) is 14.4 Å². The maximum atomic E-state index is 6.11. The predicted octanol–water partition coefficient (Wildman–Crippen LogP) is 5.37. The monoisotopic (exact) mass is 297 g/mol. The summed E-state index contributed by atoms with van der Waals surface area (Å²) < 4.78 is 8.27. The van der Waals surface area contributed by atoms with E-state index in [1.165, 1.54) is 16.5 Å². The molecule has 0 saturated carbocycles. The highest BCUT2D eigenvalue weighted by molar-refractivity contribution is 7.31. The summed E-state index contributed by atoms with van der Waals surface area (Å²) >= 11 is 0. The molecule has 0 aliphatic rings. The van der Waals surface area contributed by atoms with Crippen LogP contribution in [0.25, 0.3) is 10.9 Å². The van der Waals surface area contributed by atoms with Gasteiger partial charge >= 0.3 is 0 Å². The molecule has 3 rings (SSSR count). The Morgan fingerprint density at radius 2 is 1.62 bits per heavy atom. The fraction of sp³-hybridized carbons (Fsp3) is 0.222. The fourth-order valence-corrected chi connectivity index (χ4v) is 3.25. The summed E-state index contributed by atoms with van der Waals surface area (Å²) in [6.45, 7) is 6.64. The first-order valence-corrected chi connectivity index (χ1v) is 8.00. The van der Waals surface area contributed by atoms with Gasteiger partial charge in [0.15, 0.2) is 8.96 Å². The molecule has 3 heteroatoms. The van der Waals surface area contributed by atoms with Crippen molar-refractivity contribution in [3.8, 4) is 5.75 Å². The summed E-state index contributed by atoms with van der Waals surface area (Å²) in [5, 5.41) is 1.25. The van der Waals surface area contributed by atoms with Crippen molar-refractivity contribution in [1.29, 1.82) is 0 Å². The van der Waals surface area contributed by atoms with Crippen molar-refractivity contribution >= 4 is 19.9 Å². The second-order valence-electron chi connectivity index (χ2n) is 6.18. The van der Waals surface area contributed by atoms with Crippen LogP contribution in [0, 0.1) is 0 Å². The molecule has 21 heavy (non-hydrogen) atoms. The highest BCUT2D eigenvalue weighted by Crippen LogP contribution is 2.35. The van der Waals surface area contributed by atoms with Crippen molar-refractivity contribution in [3.63, 3.8) is 0 Å². The molecule has 1 unspecified atom stereocenters. The van der Waals surface area contributed by atoms with Crippen LogP contribution in [0.4, 0.5) is 0 Å². The molecule has 2 aromatic carbocycles. The van der Waals surface area contributed by atoms with E-state index in [4.69, 9.17) is 4.52 Å². The third-order valence-corrected chi connectivity index (χ3v) is 4.45. The molecular weight excluding hydrogens is 277 g/mol. The van der Waals surface area contributed by atoms with Crippen LogP contribution in [0.3, 0.4) is 0 Å². The minimum absolute atomic E-state index is 0.0832. The van der Waals surface area contributed by atoms with Gasteiger partial charge < -0.3 is 4.52 Å². The standard InChI is InChI=1S/C18H20NOP/c1-18(2,3)15-9-5-7-11-17(15)20-21-19-13-12-14-8-4-6-10-16(14)19/h4-13,21H,1-3H3. The topological polar surface area (TPSA) is 14.2 Å². The van der Waals surface area contributed by atoms with E-state index in [9.17, 15) is 0 Å². The smallest absolute Gasteiger partial charge is 0.181 e. The Morgan fingerprint density at radius 3 is 2.43 bits per heavy atom. The van der Waals surface area contributed by atoms with Crippen LogP contribution in [0.2, 0.25) is 0 Å². The lowest BCUT2D eigenvalue weighted by atomic mass is 9.86. The lowest BCUT2D eigenvalue weighted by Gasteiger charge is -2.22. The number of para-hydroxylation sites is 2. The van der Waals surface area contributed by atoms with Gasteiger partial charge in [-0.2, -0.15) is 0 Å². The number of rotatable bonds is 3. The van der Waals surface area contributed by atoms with E-state index in [0.717, 1.165) is 5.75 Å². The van der Waals surface area contributed by atoms with Crippen LogP contribution in [0.15, 0.2) is 60.8 Å². The summed E-state index contributed by atoms with van der Waals surface area (Å²) in [7, 11) is 0.252. The largest absolute Gasteiger partial charge is 0.455 e. The lowest BCUT2D eigenvalue weighted by Crippen LogP contribution is -2.12. The Bertz CT molecular complexity index is 755. The second-order valence-corrected chi connectivity index (χ2v) is 7.05. The first kappa shape index (κ1) is 14.2. The Balaban J connectivity index is 1.86. The van der Waals surface area contributed by atoms with Gasteiger partial charge in [0.05, 0.1) is 5.52 Å². The van der Waals surface area contributed by atoms with Crippen molar-refractivity contribution < 1.29 is 4.52 Å². The molecule has 0 spiro atoms. The van der Waals surface area contributed by atoms with Gasteiger partial charge in [-0.25, -0.2) is 0 Å². The molecule has 0 N–H and O–H groups in total. The highest BCUT2D eigenvalue weighted by atomic mass is 31.1. The molecule has 0 radical (unpaired) electrons. The molecule has 2 nitrogen and oxygen atoms in total. The molecule has 1 heterocycles. The summed E-state index contributed by atoms with van der Waals surface area (Å²) in [4.78, 5) is 0. The number of fused-ring (bicyclic) bond motifs is 1. The van der Waals surface area contributed by atoms with Crippen molar-refractivity contribution in [2.75, 3.05) is 0 Å². The molecular formula is C18H20NOP. The number of hydrogen-bond acceptors (Lipinski definition) is 1. The molecule has 1 atom stereocenters. The number of aromatic nitrogens is 1. The van der Waals surface area contributed by atoms with Crippen LogP contribution < -0.4 is 4.52 Å². The first-order valence-electron chi connectivity index (χ1n) is 7.14. The van der Waals surface area contributed by atoms with Crippen molar-refractivity contribution in [2.45, 2.75) is 26.2 Å². The zero-order valence-corrected chi connectivity index (χ0v) is 13.6. The number of nitrogens with zero attached hydrogens (tertiary/aromatic N) is 1. The maximum absolute atomic E-state index is 6.11. The van der Waals surface area contributed by atoms with E-state index in [2.05, 4.69) is 79.8 Å². The Hall–Kier alpha value is -1.79. The Morgan fingerprint density at radius 1 is 0.905 bits per heavy atom. The van der Waals surface area contributed by atoms with Crippen molar-refractivity contribution in [2.24, 2.45) is 0 Å². The molecule has 0 aliphatic carbocycles. The predicted molar refractivity (Wildman–Crippen MR) is 91.4 cm³/mol. The van der Waals surface area contributed by atoms with E-state index < -0.39 is 0 Å². The zero-order valence-electron chi connectivity index (χ0n) is 12.6. The average molecular weight is 297 g/mol. The normalized spacial score (nSPS) is 12.3. The highest BCUT2D eigenvalue weighted by Gasteiger charge is 2.18. The molecule has 3 aromatic rings. The van der Waals surface area contributed by atoms with Crippen molar-refractivity contribution in [3.05, 3.63) is 66.4 Å². The SMILES string of the molecule is CC(C)(C)c1ccccc1OPn1ccc2ccccc21. The Labute approximate surface area is 127 Å². The second kappa shape index (κ2) is 5.54. The van der Waals surface area contributed by atoms with Gasteiger partial charge in [-0.1, -0.05) is 57.2 Å². The Kier molecular flexibility index (Phi) is 3.73. The van der Waals surface area contributed by atoms with Crippen LogP contribution in [0.1, 0.15) is 26.3 Å². The number of hydrogen-bond donors (Lipinski definition) is 0. The number of benzene rings is 2. The molecule has 0 fully saturated rings. The van der Waals surface area contributed by atoms with E-state index in [1.807, 2.05) is 6.07 Å². The summed E-state index contributed by atoms with van der Waals surface area (Å²) in [5.74, 6) is 0.973. The maximum Gasteiger partial charge on any atom is 0.181 e.